The number of amides is 1. The molecular formula is C29H33ClFN5O2. The Morgan fingerprint density at radius 3 is 2.68 bits per heavy atom. The number of nitrogens with zero attached hydrogens (tertiary/aromatic N) is 3. The predicted octanol–water partition coefficient (Wildman–Crippen LogP) is 6.47. The molecule has 1 aliphatic rings. The fourth-order valence-corrected chi connectivity index (χ4v) is 6.35. The standard InChI is InChI=1S/C29H33ClFN5O2/c1-15(25-24(38-5)11-10-23(31)27(25)30)22-14-34-28-21(22)12-19(13-33-28)26-16(2)35-36(17(26)3)20-8-6-18(7-9-20)29(37)32-4/h10-15,18,20H,6-9H2,1-5H3,(H,32,37)(H,33,34)/t15-,18?,20?/m0/s1. The van der Waals surface area contributed by atoms with E-state index in [1.54, 1.807) is 20.2 Å². The van der Waals surface area contributed by atoms with Gasteiger partial charge in [0.1, 0.15) is 17.2 Å². The number of fused-ring (bicyclic) bond motifs is 1. The van der Waals surface area contributed by atoms with E-state index in [0.717, 1.165) is 64.8 Å². The average Bonchev–Trinajstić information content (AvgIpc) is 3.48. The van der Waals surface area contributed by atoms with Gasteiger partial charge in [0, 0.05) is 59.0 Å². The van der Waals surface area contributed by atoms with E-state index in [9.17, 15) is 9.18 Å². The van der Waals surface area contributed by atoms with Crippen LogP contribution >= 0.6 is 11.6 Å². The summed E-state index contributed by atoms with van der Waals surface area (Å²) < 4.78 is 22.0. The molecule has 1 atom stereocenters. The van der Waals surface area contributed by atoms with Gasteiger partial charge in [-0.25, -0.2) is 9.37 Å². The maximum absolute atomic E-state index is 14.4. The van der Waals surface area contributed by atoms with Crippen LogP contribution in [-0.2, 0) is 4.79 Å². The first-order valence-electron chi connectivity index (χ1n) is 13.0. The quantitative estimate of drug-likeness (QED) is 0.295. The van der Waals surface area contributed by atoms with Gasteiger partial charge in [-0.05, 0) is 63.3 Å². The van der Waals surface area contributed by atoms with Crippen molar-refractivity contribution in [3.05, 3.63) is 63.9 Å². The fraction of sp³-hybridized carbons (Fsp3) is 0.414. The van der Waals surface area contributed by atoms with Crippen molar-refractivity contribution in [3.63, 3.8) is 0 Å². The molecule has 200 valence electrons. The normalized spacial score (nSPS) is 18.5. The highest BCUT2D eigenvalue weighted by Crippen LogP contribution is 2.42. The van der Waals surface area contributed by atoms with Gasteiger partial charge in [0.25, 0.3) is 0 Å². The van der Waals surface area contributed by atoms with Gasteiger partial charge >= 0.3 is 0 Å². The lowest BCUT2D eigenvalue weighted by Crippen LogP contribution is -2.31. The zero-order valence-corrected chi connectivity index (χ0v) is 23.1. The number of aromatic amines is 1. The maximum atomic E-state index is 14.4. The predicted molar refractivity (Wildman–Crippen MR) is 147 cm³/mol. The number of rotatable bonds is 6. The first-order valence-corrected chi connectivity index (χ1v) is 13.4. The van der Waals surface area contributed by atoms with Crippen LogP contribution in [0.1, 0.15) is 67.1 Å². The topological polar surface area (TPSA) is 84.8 Å². The SMILES string of the molecule is CNC(=O)C1CCC(n2nc(C)c(-c3cnc4[nH]cc([C@H](C)c5c(OC)ccc(F)c5Cl)c4c3)c2C)CC1. The molecule has 3 aromatic heterocycles. The minimum Gasteiger partial charge on any atom is -0.496 e. The van der Waals surface area contributed by atoms with Crippen molar-refractivity contribution in [2.45, 2.75) is 58.4 Å². The second kappa shape index (κ2) is 10.4. The summed E-state index contributed by atoms with van der Waals surface area (Å²) in [5.74, 6) is 0.0425. The smallest absolute Gasteiger partial charge is 0.222 e. The monoisotopic (exact) mass is 537 g/mol. The third-order valence-electron chi connectivity index (χ3n) is 8.05. The minimum absolute atomic E-state index is 0.0643. The molecule has 1 aromatic carbocycles. The molecule has 2 N–H and O–H groups in total. The van der Waals surface area contributed by atoms with Crippen LogP contribution < -0.4 is 10.1 Å². The summed E-state index contributed by atoms with van der Waals surface area (Å²) in [4.78, 5) is 20.0. The van der Waals surface area contributed by atoms with Crippen LogP contribution in [0, 0.1) is 25.6 Å². The molecule has 0 saturated heterocycles. The van der Waals surface area contributed by atoms with Gasteiger partial charge in [0.2, 0.25) is 5.91 Å². The maximum Gasteiger partial charge on any atom is 0.222 e. The first-order chi connectivity index (χ1) is 18.2. The number of carbonyl (C=O) groups is 1. The molecule has 1 fully saturated rings. The van der Waals surface area contributed by atoms with Crippen molar-refractivity contribution in [2.75, 3.05) is 14.2 Å². The van der Waals surface area contributed by atoms with Crippen LogP contribution in [0.2, 0.25) is 5.02 Å². The largest absolute Gasteiger partial charge is 0.496 e. The van der Waals surface area contributed by atoms with Gasteiger partial charge in [0.05, 0.1) is 23.9 Å². The van der Waals surface area contributed by atoms with Crippen LogP contribution in [0.4, 0.5) is 4.39 Å². The number of ether oxygens (including phenoxy) is 1. The zero-order valence-electron chi connectivity index (χ0n) is 22.4. The third kappa shape index (κ3) is 4.45. The molecule has 3 heterocycles. The Morgan fingerprint density at radius 1 is 1.26 bits per heavy atom. The molecule has 9 heteroatoms. The van der Waals surface area contributed by atoms with Crippen LogP contribution in [0.5, 0.6) is 5.75 Å². The summed E-state index contributed by atoms with van der Waals surface area (Å²) >= 11 is 6.41. The van der Waals surface area contributed by atoms with Crippen LogP contribution in [0.25, 0.3) is 22.2 Å². The summed E-state index contributed by atoms with van der Waals surface area (Å²) in [6.45, 7) is 6.11. The lowest BCUT2D eigenvalue weighted by atomic mass is 9.85. The van der Waals surface area contributed by atoms with E-state index in [4.69, 9.17) is 26.4 Å². The lowest BCUT2D eigenvalue weighted by Gasteiger charge is -2.28. The highest BCUT2D eigenvalue weighted by Gasteiger charge is 2.29. The number of pyridine rings is 1. The molecule has 7 nitrogen and oxygen atoms in total. The number of hydrogen-bond donors (Lipinski definition) is 2. The first kappa shape index (κ1) is 26.2. The third-order valence-corrected chi connectivity index (χ3v) is 8.43. The molecule has 1 amide bonds. The number of aryl methyl sites for hydroxylation is 1. The number of aromatic nitrogens is 4. The number of carbonyl (C=O) groups excluding carboxylic acids is 1. The Balaban J connectivity index is 1.50. The van der Waals surface area contributed by atoms with E-state index < -0.39 is 5.82 Å². The Hall–Kier alpha value is -3.39. The molecule has 1 saturated carbocycles. The van der Waals surface area contributed by atoms with Crippen molar-refractivity contribution < 1.29 is 13.9 Å². The molecule has 4 aromatic rings. The highest BCUT2D eigenvalue weighted by atomic mass is 35.5. The number of H-pyrrole nitrogens is 1. The van der Waals surface area contributed by atoms with Crippen LogP contribution in [-0.4, -0.2) is 39.8 Å². The van der Waals surface area contributed by atoms with E-state index in [0.29, 0.717) is 11.3 Å². The van der Waals surface area contributed by atoms with Gasteiger partial charge in [-0.1, -0.05) is 18.5 Å². The molecule has 5 rings (SSSR count). The highest BCUT2D eigenvalue weighted by molar-refractivity contribution is 6.31. The summed E-state index contributed by atoms with van der Waals surface area (Å²) in [6.07, 6.45) is 7.34. The van der Waals surface area contributed by atoms with E-state index in [1.807, 2.05) is 26.2 Å². The number of halogens is 2. The molecule has 1 aliphatic carbocycles. The number of methoxy groups -OCH3 is 1. The van der Waals surface area contributed by atoms with Crippen molar-refractivity contribution in [2.24, 2.45) is 5.92 Å². The fourth-order valence-electron chi connectivity index (χ4n) is 6.03. The van der Waals surface area contributed by atoms with Crippen molar-refractivity contribution >= 4 is 28.5 Å². The molecular weight excluding hydrogens is 505 g/mol. The van der Waals surface area contributed by atoms with Gasteiger partial charge in [-0.2, -0.15) is 5.10 Å². The Morgan fingerprint density at radius 2 is 2.00 bits per heavy atom. The second-order valence-electron chi connectivity index (χ2n) is 10.2. The van der Waals surface area contributed by atoms with E-state index in [1.165, 1.54) is 6.07 Å². The van der Waals surface area contributed by atoms with Crippen molar-refractivity contribution in [3.8, 4) is 16.9 Å². The molecule has 0 aliphatic heterocycles. The number of hydrogen-bond acceptors (Lipinski definition) is 4. The van der Waals surface area contributed by atoms with Gasteiger partial charge in [0.15, 0.2) is 0 Å². The molecule has 0 radical (unpaired) electrons. The number of benzene rings is 1. The number of nitrogens with one attached hydrogen (secondary N) is 2. The van der Waals surface area contributed by atoms with Crippen molar-refractivity contribution in [1.29, 1.82) is 0 Å². The molecule has 0 bridgehead atoms. The summed E-state index contributed by atoms with van der Waals surface area (Å²) in [5.41, 5.74) is 6.38. The Labute approximate surface area is 226 Å². The van der Waals surface area contributed by atoms with Crippen molar-refractivity contribution in [1.82, 2.24) is 25.1 Å². The van der Waals surface area contributed by atoms with Gasteiger partial charge in [-0.15, -0.1) is 0 Å². The molecule has 0 unspecified atom stereocenters. The van der Waals surface area contributed by atoms with Gasteiger partial charge < -0.3 is 15.0 Å². The summed E-state index contributed by atoms with van der Waals surface area (Å²) in [7, 11) is 3.26. The average molecular weight is 538 g/mol. The minimum atomic E-state index is -0.476. The zero-order chi connectivity index (χ0) is 27.1. The van der Waals surface area contributed by atoms with Crippen LogP contribution in [0.3, 0.4) is 0 Å². The summed E-state index contributed by atoms with van der Waals surface area (Å²) in [6, 6.07) is 5.31. The molecule has 0 spiro atoms. The lowest BCUT2D eigenvalue weighted by molar-refractivity contribution is -0.125. The Bertz CT molecular complexity index is 1500. The van der Waals surface area contributed by atoms with E-state index >= 15 is 0 Å². The van der Waals surface area contributed by atoms with Crippen LogP contribution in [0.15, 0.2) is 30.6 Å². The van der Waals surface area contributed by atoms with E-state index in [-0.39, 0.29) is 28.8 Å². The second-order valence-corrected chi connectivity index (χ2v) is 10.6. The van der Waals surface area contributed by atoms with Gasteiger partial charge in [-0.3, -0.25) is 9.48 Å². The van der Waals surface area contributed by atoms with E-state index in [2.05, 4.69) is 28.0 Å². The molecule has 38 heavy (non-hydrogen) atoms. The summed E-state index contributed by atoms with van der Waals surface area (Å²) in [5, 5.41) is 8.71. The Kier molecular flexibility index (Phi) is 7.18.